The van der Waals surface area contributed by atoms with E-state index in [1.54, 1.807) is 7.05 Å². The van der Waals surface area contributed by atoms with E-state index in [9.17, 15) is 13.2 Å². The molecule has 84 valence electrons. The highest BCUT2D eigenvalue weighted by atomic mass is 35.5. The highest BCUT2D eigenvalue weighted by Crippen LogP contribution is 2.10. The van der Waals surface area contributed by atoms with Crippen LogP contribution >= 0.6 is 12.4 Å². The van der Waals surface area contributed by atoms with Gasteiger partial charge in [-0.15, -0.1) is 12.4 Å². The number of rotatable bonds is 3. The molecule has 0 spiro atoms. The highest BCUT2D eigenvalue weighted by molar-refractivity contribution is 7.91. The smallest absolute Gasteiger partial charge is 0.234 e. The summed E-state index contributed by atoms with van der Waals surface area (Å²) in [6, 6.07) is -0.189. The second kappa shape index (κ2) is 5.53. The van der Waals surface area contributed by atoms with E-state index in [2.05, 4.69) is 10.6 Å². The molecule has 1 rings (SSSR count). The van der Waals surface area contributed by atoms with Crippen LogP contribution in [0.2, 0.25) is 0 Å². The quantitative estimate of drug-likeness (QED) is 0.661. The van der Waals surface area contributed by atoms with Crippen LogP contribution in [0.3, 0.4) is 0 Å². The van der Waals surface area contributed by atoms with Gasteiger partial charge < -0.3 is 10.6 Å². The Kier molecular flexibility index (Phi) is 5.40. The van der Waals surface area contributed by atoms with Gasteiger partial charge in [0.05, 0.1) is 18.1 Å². The van der Waals surface area contributed by atoms with Crippen LogP contribution in [0.5, 0.6) is 0 Å². The third-order valence-electron chi connectivity index (χ3n) is 1.93. The van der Waals surface area contributed by atoms with Crippen molar-refractivity contribution in [3.8, 4) is 0 Å². The summed E-state index contributed by atoms with van der Waals surface area (Å²) in [5.74, 6) is 0.129. The average molecular weight is 243 g/mol. The van der Waals surface area contributed by atoms with E-state index in [1.165, 1.54) is 0 Å². The molecule has 14 heavy (non-hydrogen) atoms. The molecule has 1 aliphatic heterocycles. The van der Waals surface area contributed by atoms with Crippen molar-refractivity contribution in [2.24, 2.45) is 0 Å². The van der Waals surface area contributed by atoms with Crippen molar-refractivity contribution in [2.75, 3.05) is 25.1 Å². The van der Waals surface area contributed by atoms with E-state index in [0.29, 0.717) is 6.42 Å². The number of carbonyl (C=O) groups excluding carboxylic acids is 1. The number of hydrogen-bond donors (Lipinski definition) is 2. The summed E-state index contributed by atoms with van der Waals surface area (Å²) >= 11 is 0. The molecule has 1 amide bonds. The zero-order valence-electron chi connectivity index (χ0n) is 7.95. The highest BCUT2D eigenvalue weighted by Gasteiger charge is 2.28. The molecular formula is C7H15ClN2O3S. The zero-order valence-corrected chi connectivity index (χ0v) is 9.58. The third kappa shape index (κ3) is 4.26. The normalized spacial score (nSPS) is 23.9. The van der Waals surface area contributed by atoms with Gasteiger partial charge in [0.2, 0.25) is 5.91 Å². The molecule has 0 saturated carbocycles. The minimum Gasteiger partial charge on any atom is -0.351 e. The fourth-order valence-electron chi connectivity index (χ4n) is 1.35. The molecule has 0 bridgehead atoms. The number of halogens is 1. The van der Waals surface area contributed by atoms with Crippen LogP contribution in [0.15, 0.2) is 0 Å². The van der Waals surface area contributed by atoms with E-state index in [-0.39, 0.29) is 42.4 Å². The second-order valence-electron chi connectivity index (χ2n) is 3.20. The molecule has 1 fully saturated rings. The lowest BCUT2D eigenvalue weighted by molar-refractivity contribution is -0.120. The molecular weight excluding hydrogens is 228 g/mol. The molecule has 0 aromatic heterocycles. The van der Waals surface area contributed by atoms with Crippen LogP contribution < -0.4 is 10.6 Å². The minimum atomic E-state index is -2.89. The molecule has 1 saturated heterocycles. The van der Waals surface area contributed by atoms with Crippen LogP contribution in [0.1, 0.15) is 6.42 Å². The first kappa shape index (κ1) is 13.7. The van der Waals surface area contributed by atoms with E-state index in [0.717, 1.165) is 0 Å². The van der Waals surface area contributed by atoms with Crippen molar-refractivity contribution in [1.29, 1.82) is 0 Å². The second-order valence-corrected chi connectivity index (χ2v) is 5.43. The van der Waals surface area contributed by atoms with Gasteiger partial charge in [-0.25, -0.2) is 8.42 Å². The Morgan fingerprint density at radius 1 is 1.50 bits per heavy atom. The van der Waals surface area contributed by atoms with Crippen LogP contribution in [-0.4, -0.2) is 45.5 Å². The van der Waals surface area contributed by atoms with Crippen molar-refractivity contribution in [2.45, 2.75) is 12.5 Å². The lowest BCUT2D eigenvalue weighted by Crippen LogP contribution is -2.40. The summed E-state index contributed by atoms with van der Waals surface area (Å²) in [5, 5.41) is 5.36. The van der Waals surface area contributed by atoms with Crippen molar-refractivity contribution in [3.63, 3.8) is 0 Å². The van der Waals surface area contributed by atoms with E-state index in [4.69, 9.17) is 0 Å². The van der Waals surface area contributed by atoms with Crippen molar-refractivity contribution in [1.82, 2.24) is 10.6 Å². The van der Waals surface area contributed by atoms with Gasteiger partial charge in [0.25, 0.3) is 0 Å². The summed E-state index contributed by atoms with van der Waals surface area (Å²) < 4.78 is 22.0. The minimum absolute atomic E-state index is 0. The van der Waals surface area contributed by atoms with Gasteiger partial charge in [-0.2, -0.15) is 0 Å². The molecule has 1 aliphatic rings. The van der Waals surface area contributed by atoms with Crippen molar-refractivity contribution < 1.29 is 13.2 Å². The Morgan fingerprint density at radius 2 is 2.14 bits per heavy atom. The fraction of sp³-hybridized carbons (Fsp3) is 0.857. The van der Waals surface area contributed by atoms with Gasteiger partial charge in [0, 0.05) is 6.04 Å². The zero-order chi connectivity index (χ0) is 9.90. The van der Waals surface area contributed by atoms with Gasteiger partial charge >= 0.3 is 0 Å². The van der Waals surface area contributed by atoms with Gasteiger partial charge in [-0.05, 0) is 13.5 Å². The van der Waals surface area contributed by atoms with Gasteiger partial charge in [0.1, 0.15) is 0 Å². The molecule has 0 radical (unpaired) electrons. The molecule has 1 heterocycles. The van der Waals surface area contributed by atoms with Gasteiger partial charge in [-0.1, -0.05) is 0 Å². The van der Waals surface area contributed by atoms with Crippen molar-refractivity contribution in [3.05, 3.63) is 0 Å². The Balaban J connectivity index is 0.00000169. The maximum Gasteiger partial charge on any atom is 0.234 e. The van der Waals surface area contributed by atoms with Gasteiger partial charge in [0.15, 0.2) is 9.84 Å². The first-order chi connectivity index (χ1) is 6.03. The maximum atomic E-state index is 11.0. The number of sulfone groups is 1. The lowest BCUT2D eigenvalue weighted by atomic mass is 10.2. The van der Waals surface area contributed by atoms with Crippen LogP contribution in [-0.2, 0) is 14.6 Å². The number of carbonyl (C=O) groups is 1. The molecule has 5 nitrogen and oxygen atoms in total. The molecule has 7 heteroatoms. The summed E-state index contributed by atoms with van der Waals surface area (Å²) in [4.78, 5) is 11.0. The third-order valence-corrected chi connectivity index (χ3v) is 3.70. The summed E-state index contributed by atoms with van der Waals surface area (Å²) in [6.45, 7) is 0.233. The molecule has 0 aromatic rings. The molecule has 0 aromatic carbocycles. The maximum absolute atomic E-state index is 11.0. The number of hydrogen-bond acceptors (Lipinski definition) is 4. The first-order valence-corrected chi connectivity index (χ1v) is 6.00. The van der Waals surface area contributed by atoms with E-state index >= 15 is 0 Å². The Hall–Kier alpha value is -0.330. The molecule has 1 atom stereocenters. The predicted molar refractivity (Wildman–Crippen MR) is 56.4 cm³/mol. The van der Waals surface area contributed by atoms with Gasteiger partial charge in [-0.3, -0.25) is 4.79 Å². The van der Waals surface area contributed by atoms with Crippen LogP contribution in [0.25, 0.3) is 0 Å². The molecule has 2 N–H and O–H groups in total. The van der Waals surface area contributed by atoms with E-state index in [1.807, 2.05) is 0 Å². The summed E-state index contributed by atoms with van der Waals surface area (Å²) in [6.07, 6.45) is 0.539. The van der Waals surface area contributed by atoms with Crippen LogP contribution in [0.4, 0.5) is 0 Å². The standard InChI is InChI=1S/C7H14N2O3S.ClH/c1-8-4-7(10)9-6-2-3-13(11,12)5-6;/h6,8H,2-5H2,1H3,(H,9,10);1H. The molecule has 1 unspecified atom stereocenters. The Labute approximate surface area is 90.0 Å². The topological polar surface area (TPSA) is 75.3 Å². The number of nitrogens with one attached hydrogen (secondary N) is 2. The SMILES string of the molecule is CNCC(=O)NC1CCS(=O)(=O)C1.Cl. The fourth-order valence-corrected chi connectivity index (χ4v) is 3.02. The Morgan fingerprint density at radius 3 is 2.57 bits per heavy atom. The summed E-state index contributed by atoms with van der Waals surface area (Å²) in [5.41, 5.74) is 0. The monoisotopic (exact) mass is 242 g/mol. The number of likely N-dealkylation sites (N-methyl/N-ethyl adjacent to an activating group) is 1. The lowest BCUT2D eigenvalue weighted by Gasteiger charge is -2.09. The Bertz CT molecular complexity index is 291. The summed E-state index contributed by atoms with van der Waals surface area (Å²) in [7, 11) is -1.22. The average Bonchev–Trinajstić information content (AvgIpc) is 2.30. The van der Waals surface area contributed by atoms with Crippen LogP contribution in [0, 0.1) is 0 Å². The molecule has 0 aliphatic carbocycles. The largest absolute Gasteiger partial charge is 0.351 e. The van der Waals surface area contributed by atoms with E-state index < -0.39 is 9.84 Å². The number of amides is 1. The predicted octanol–water partition coefficient (Wildman–Crippen LogP) is -1.07. The van der Waals surface area contributed by atoms with Crippen molar-refractivity contribution >= 4 is 28.2 Å². The first-order valence-electron chi connectivity index (χ1n) is 4.18.